The van der Waals surface area contributed by atoms with Crippen molar-refractivity contribution >= 4 is 5.91 Å². The lowest BCUT2D eigenvalue weighted by Crippen LogP contribution is -2.52. The topological polar surface area (TPSA) is 55.6 Å². The van der Waals surface area contributed by atoms with E-state index < -0.39 is 0 Å². The van der Waals surface area contributed by atoms with Crippen LogP contribution in [0.15, 0.2) is 0 Å². The Morgan fingerprint density at radius 1 is 1.60 bits per heavy atom. The predicted molar refractivity (Wildman–Crippen MR) is 59.4 cm³/mol. The number of rotatable bonds is 3. The molecule has 0 aromatic heterocycles. The van der Waals surface area contributed by atoms with E-state index in [0.29, 0.717) is 13.2 Å². The summed E-state index contributed by atoms with van der Waals surface area (Å²) in [6, 6.07) is 0. The molecule has 0 aromatic carbocycles. The minimum Gasteiger partial charge on any atom is -0.378 e. The molecule has 2 unspecified atom stereocenters. The molecular formula is C11H22N2O2. The predicted octanol–water partition coefficient (Wildman–Crippen LogP) is 0.607. The summed E-state index contributed by atoms with van der Waals surface area (Å²) in [5.74, 6) is 0.158. The molecule has 0 spiro atoms. The minimum atomic E-state index is -0.275. The van der Waals surface area contributed by atoms with Gasteiger partial charge in [0.15, 0.2) is 0 Å². The van der Waals surface area contributed by atoms with E-state index in [2.05, 4.69) is 0 Å². The fourth-order valence-corrected chi connectivity index (χ4v) is 1.70. The maximum absolute atomic E-state index is 12.1. The van der Waals surface area contributed by atoms with Gasteiger partial charge < -0.3 is 15.4 Å². The lowest BCUT2D eigenvalue weighted by atomic mass is 9.99. The summed E-state index contributed by atoms with van der Waals surface area (Å²) >= 11 is 0. The zero-order chi connectivity index (χ0) is 11.6. The van der Waals surface area contributed by atoms with Crippen LogP contribution in [0, 0.1) is 5.92 Å². The number of nitrogens with zero attached hydrogens (tertiary/aromatic N) is 1. The largest absolute Gasteiger partial charge is 0.378 e. The minimum absolute atomic E-state index is 0.0100. The third kappa shape index (κ3) is 2.69. The molecular weight excluding hydrogens is 192 g/mol. The van der Waals surface area contributed by atoms with E-state index >= 15 is 0 Å². The van der Waals surface area contributed by atoms with Crippen molar-refractivity contribution in [2.75, 3.05) is 20.2 Å². The molecule has 88 valence electrons. The van der Waals surface area contributed by atoms with E-state index in [9.17, 15) is 4.79 Å². The first-order valence-electron chi connectivity index (χ1n) is 5.48. The van der Waals surface area contributed by atoms with Crippen LogP contribution in [-0.2, 0) is 9.53 Å². The van der Waals surface area contributed by atoms with E-state index in [0.717, 1.165) is 6.42 Å². The SMILES string of the molecule is CC1CC(C(=O)N(C)C(C)(C)CN)CO1. The van der Waals surface area contributed by atoms with E-state index in [1.807, 2.05) is 27.8 Å². The lowest BCUT2D eigenvalue weighted by Gasteiger charge is -2.36. The van der Waals surface area contributed by atoms with Crippen LogP contribution in [0.5, 0.6) is 0 Å². The van der Waals surface area contributed by atoms with Crippen molar-refractivity contribution in [3.05, 3.63) is 0 Å². The number of nitrogens with two attached hydrogens (primary N) is 1. The first kappa shape index (κ1) is 12.5. The number of hydrogen-bond acceptors (Lipinski definition) is 3. The van der Waals surface area contributed by atoms with E-state index in [1.165, 1.54) is 0 Å². The first-order valence-corrected chi connectivity index (χ1v) is 5.48. The Morgan fingerprint density at radius 2 is 2.20 bits per heavy atom. The first-order chi connectivity index (χ1) is 6.88. The number of likely N-dealkylation sites (N-methyl/N-ethyl adjacent to an activating group) is 1. The molecule has 0 radical (unpaired) electrons. The second kappa shape index (κ2) is 4.49. The van der Waals surface area contributed by atoms with Crippen LogP contribution >= 0.6 is 0 Å². The van der Waals surface area contributed by atoms with Gasteiger partial charge in [0.2, 0.25) is 5.91 Å². The van der Waals surface area contributed by atoms with Crippen LogP contribution in [0.2, 0.25) is 0 Å². The van der Waals surface area contributed by atoms with Gasteiger partial charge in [-0.25, -0.2) is 0 Å². The molecule has 1 amide bonds. The molecule has 1 aliphatic heterocycles. The van der Waals surface area contributed by atoms with Crippen LogP contribution in [0.4, 0.5) is 0 Å². The fraction of sp³-hybridized carbons (Fsp3) is 0.909. The molecule has 0 aliphatic carbocycles. The van der Waals surface area contributed by atoms with Gasteiger partial charge in [0, 0.05) is 19.1 Å². The maximum atomic E-state index is 12.1. The van der Waals surface area contributed by atoms with Crippen molar-refractivity contribution in [2.45, 2.75) is 38.8 Å². The summed E-state index contributed by atoms with van der Waals surface area (Å²) in [6.45, 7) is 6.97. The Morgan fingerprint density at radius 3 is 2.60 bits per heavy atom. The zero-order valence-electron chi connectivity index (χ0n) is 10.1. The van der Waals surface area contributed by atoms with Gasteiger partial charge in [-0.3, -0.25) is 4.79 Å². The second-order valence-corrected chi connectivity index (χ2v) is 4.99. The molecule has 0 aromatic rings. The van der Waals surface area contributed by atoms with Gasteiger partial charge >= 0.3 is 0 Å². The van der Waals surface area contributed by atoms with Gasteiger partial charge in [0.25, 0.3) is 0 Å². The van der Waals surface area contributed by atoms with Crippen molar-refractivity contribution in [1.29, 1.82) is 0 Å². The Kier molecular flexibility index (Phi) is 3.73. The van der Waals surface area contributed by atoms with Gasteiger partial charge in [-0.05, 0) is 27.2 Å². The van der Waals surface area contributed by atoms with Gasteiger partial charge in [0.1, 0.15) is 0 Å². The highest BCUT2D eigenvalue weighted by Gasteiger charge is 2.35. The number of hydrogen-bond donors (Lipinski definition) is 1. The summed E-state index contributed by atoms with van der Waals surface area (Å²) in [5.41, 5.74) is 5.37. The van der Waals surface area contributed by atoms with Gasteiger partial charge in [0.05, 0.1) is 18.6 Å². The Balaban J connectivity index is 2.60. The average molecular weight is 214 g/mol. The maximum Gasteiger partial charge on any atom is 0.228 e. The van der Waals surface area contributed by atoms with Crippen molar-refractivity contribution in [3.63, 3.8) is 0 Å². The molecule has 1 aliphatic rings. The molecule has 1 rings (SSSR count). The molecule has 2 atom stereocenters. The van der Waals surface area contributed by atoms with E-state index in [-0.39, 0.29) is 23.5 Å². The van der Waals surface area contributed by atoms with Gasteiger partial charge in [-0.2, -0.15) is 0 Å². The summed E-state index contributed by atoms with van der Waals surface area (Å²) in [5, 5.41) is 0. The number of ether oxygens (including phenoxy) is 1. The van der Waals surface area contributed by atoms with Crippen molar-refractivity contribution in [3.8, 4) is 0 Å². The zero-order valence-corrected chi connectivity index (χ0v) is 10.1. The fourth-order valence-electron chi connectivity index (χ4n) is 1.70. The Labute approximate surface area is 91.8 Å². The van der Waals surface area contributed by atoms with Gasteiger partial charge in [-0.1, -0.05) is 0 Å². The van der Waals surface area contributed by atoms with Crippen molar-refractivity contribution < 1.29 is 9.53 Å². The third-order valence-electron chi connectivity index (χ3n) is 3.29. The second-order valence-electron chi connectivity index (χ2n) is 4.99. The summed E-state index contributed by atoms with van der Waals surface area (Å²) in [7, 11) is 1.82. The van der Waals surface area contributed by atoms with Crippen LogP contribution in [0.1, 0.15) is 27.2 Å². The standard InChI is InChI=1S/C11H22N2O2/c1-8-5-9(6-15-8)10(14)13(4)11(2,3)7-12/h8-9H,5-7,12H2,1-4H3. The van der Waals surface area contributed by atoms with Crippen LogP contribution < -0.4 is 5.73 Å². The molecule has 1 fully saturated rings. The monoisotopic (exact) mass is 214 g/mol. The van der Waals surface area contributed by atoms with Crippen LogP contribution in [0.25, 0.3) is 0 Å². The molecule has 15 heavy (non-hydrogen) atoms. The molecule has 1 saturated heterocycles. The molecule has 0 saturated carbocycles. The number of carbonyl (C=O) groups excluding carboxylic acids is 1. The number of carbonyl (C=O) groups is 1. The Bertz CT molecular complexity index is 241. The molecule has 0 bridgehead atoms. The highest BCUT2D eigenvalue weighted by molar-refractivity contribution is 5.79. The number of amides is 1. The molecule has 4 heteroatoms. The summed E-state index contributed by atoms with van der Waals surface area (Å²) < 4.78 is 5.40. The normalized spacial score (nSPS) is 26.7. The quantitative estimate of drug-likeness (QED) is 0.749. The van der Waals surface area contributed by atoms with Crippen LogP contribution in [0.3, 0.4) is 0 Å². The third-order valence-corrected chi connectivity index (χ3v) is 3.29. The smallest absolute Gasteiger partial charge is 0.228 e. The molecule has 4 nitrogen and oxygen atoms in total. The van der Waals surface area contributed by atoms with Gasteiger partial charge in [-0.15, -0.1) is 0 Å². The highest BCUT2D eigenvalue weighted by atomic mass is 16.5. The molecule has 2 N–H and O–H groups in total. The lowest BCUT2D eigenvalue weighted by molar-refractivity contribution is -0.138. The summed E-state index contributed by atoms with van der Waals surface area (Å²) in [4.78, 5) is 13.8. The van der Waals surface area contributed by atoms with Crippen LogP contribution in [-0.4, -0.2) is 42.6 Å². The van der Waals surface area contributed by atoms with E-state index in [4.69, 9.17) is 10.5 Å². The van der Waals surface area contributed by atoms with Crippen molar-refractivity contribution in [1.82, 2.24) is 4.90 Å². The molecule has 1 heterocycles. The Hall–Kier alpha value is -0.610. The van der Waals surface area contributed by atoms with Crippen molar-refractivity contribution in [2.24, 2.45) is 11.7 Å². The summed E-state index contributed by atoms with van der Waals surface area (Å²) in [6.07, 6.45) is 1.03. The average Bonchev–Trinajstić information content (AvgIpc) is 2.62. The van der Waals surface area contributed by atoms with E-state index in [1.54, 1.807) is 4.90 Å². The highest BCUT2D eigenvalue weighted by Crippen LogP contribution is 2.23.